The Bertz CT molecular complexity index is 610. The number of hydrogen-bond acceptors (Lipinski definition) is 2. The zero-order valence-corrected chi connectivity index (χ0v) is 12.2. The van der Waals surface area contributed by atoms with Gasteiger partial charge in [0.05, 0.1) is 19.1 Å². The van der Waals surface area contributed by atoms with E-state index in [1.54, 1.807) is 7.11 Å². The van der Waals surface area contributed by atoms with E-state index >= 15 is 0 Å². The Kier molecular flexibility index (Phi) is 3.83. The number of fused-ring (bicyclic) bond motifs is 1. The fourth-order valence-corrected chi connectivity index (χ4v) is 2.84. The molecule has 3 heteroatoms. The van der Waals surface area contributed by atoms with Crippen molar-refractivity contribution in [1.29, 1.82) is 0 Å². The Morgan fingerprint density at radius 3 is 3.00 bits per heavy atom. The quantitative estimate of drug-likeness (QED) is 0.787. The van der Waals surface area contributed by atoms with Crippen LogP contribution in [0.1, 0.15) is 22.1 Å². The first-order chi connectivity index (χ1) is 9.76. The van der Waals surface area contributed by atoms with Gasteiger partial charge in [-0.05, 0) is 41.3 Å². The Morgan fingerprint density at radius 2 is 2.15 bits per heavy atom. The molecule has 20 heavy (non-hydrogen) atoms. The summed E-state index contributed by atoms with van der Waals surface area (Å²) in [5.74, 6) is 1.87. The zero-order valence-electron chi connectivity index (χ0n) is 11.4. The molecule has 0 saturated heterocycles. The van der Waals surface area contributed by atoms with Gasteiger partial charge in [-0.25, -0.2) is 0 Å². The SMILES string of the molecule is COc1cccc(CC(Cl)c2ccc3c(c2)CCO3)c1. The van der Waals surface area contributed by atoms with Gasteiger partial charge in [-0.15, -0.1) is 11.6 Å². The van der Waals surface area contributed by atoms with Crippen molar-refractivity contribution in [2.24, 2.45) is 0 Å². The van der Waals surface area contributed by atoms with Gasteiger partial charge in [-0.2, -0.15) is 0 Å². The van der Waals surface area contributed by atoms with Crippen molar-refractivity contribution in [1.82, 2.24) is 0 Å². The van der Waals surface area contributed by atoms with Gasteiger partial charge in [0, 0.05) is 6.42 Å². The summed E-state index contributed by atoms with van der Waals surface area (Å²) >= 11 is 6.56. The smallest absolute Gasteiger partial charge is 0.122 e. The van der Waals surface area contributed by atoms with Crippen LogP contribution in [0.2, 0.25) is 0 Å². The second-order valence-corrected chi connectivity index (χ2v) is 5.52. The highest BCUT2D eigenvalue weighted by atomic mass is 35.5. The normalized spacial score (nSPS) is 14.5. The first-order valence-corrected chi connectivity index (χ1v) is 7.22. The highest BCUT2D eigenvalue weighted by Gasteiger charge is 2.16. The van der Waals surface area contributed by atoms with E-state index in [0.717, 1.165) is 36.5 Å². The van der Waals surface area contributed by atoms with Crippen molar-refractivity contribution < 1.29 is 9.47 Å². The van der Waals surface area contributed by atoms with Crippen LogP contribution in [-0.4, -0.2) is 13.7 Å². The minimum atomic E-state index is -0.0343. The van der Waals surface area contributed by atoms with E-state index in [1.165, 1.54) is 11.1 Å². The number of alkyl halides is 1. The van der Waals surface area contributed by atoms with E-state index in [1.807, 2.05) is 24.3 Å². The Morgan fingerprint density at radius 1 is 1.25 bits per heavy atom. The maximum absolute atomic E-state index is 6.56. The lowest BCUT2D eigenvalue weighted by Gasteiger charge is -2.12. The molecule has 1 aliphatic heterocycles. The molecule has 1 aliphatic rings. The molecule has 0 fully saturated rings. The molecule has 1 heterocycles. The van der Waals surface area contributed by atoms with E-state index < -0.39 is 0 Å². The molecule has 0 radical (unpaired) electrons. The molecule has 0 aromatic heterocycles. The summed E-state index contributed by atoms with van der Waals surface area (Å²) in [5.41, 5.74) is 3.60. The Hall–Kier alpha value is -1.67. The molecule has 0 amide bonds. The van der Waals surface area contributed by atoms with Crippen molar-refractivity contribution in [3.05, 3.63) is 59.2 Å². The number of ether oxygens (including phenoxy) is 2. The van der Waals surface area contributed by atoms with Gasteiger partial charge in [0.15, 0.2) is 0 Å². The van der Waals surface area contributed by atoms with E-state index in [2.05, 4.69) is 18.2 Å². The van der Waals surface area contributed by atoms with Gasteiger partial charge in [-0.3, -0.25) is 0 Å². The third-order valence-electron chi connectivity index (χ3n) is 3.62. The molecule has 3 rings (SSSR count). The van der Waals surface area contributed by atoms with Crippen molar-refractivity contribution in [3.8, 4) is 11.5 Å². The summed E-state index contributed by atoms with van der Waals surface area (Å²) in [6, 6.07) is 14.3. The van der Waals surface area contributed by atoms with Crippen LogP contribution in [-0.2, 0) is 12.8 Å². The van der Waals surface area contributed by atoms with Crippen molar-refractivity contribution in [2.75, 3.05) is 13.7 Å². The molecule has 1 unspecified atom stereocenters. The maximum atomic E-state index is 6.56. The average Bonchev–Trinajstić information content (AvgIpc) is 2.94. The van der Waals surface area contributed by atoms with Gasteiger partial charge in [0.2, 0.25) is 0 Å². The topological polar surface area (TPSA) is 18.5 Å². The Balaban J connectivity index is 1.77. The Labute approximate surface area is 124 Å². The summed E-state index contributed by atoms with van der Waals surface area (Å²) in [5, 5.41) is -0.0343. The van der Waals surface area contributed by atoms with Crippen LogP contribution in [0.15, 0.2) is 42.5 Å². The van der Waals surface area contributed by atoms with Gasteiger partial charge < -0.3 is 9.47 Å². The van der Waals surface area contributed by atoms with Gasteiger partial charge in [-0.1, -0.05) is 24.3 Å². The number of halogens is 1. The van der Waals surface area contributed by atoms with E-state index in [4.69, 9.17) is 21.1 Å². The minimum Gasteiger partial charge on any atom is -0.497 e. The van der Waals surface area contributed by atoms with E-state index in [9.17, 15) is 0 Å². The standard InChI is InChI=1S/C17H17ClO2/c1-19-15-4-2-3-12(9-15)10-16(18)13-5-6-17-14(11-13)7-8-20-17/h2-6,9,11,16H,7-8,10H2,1H3. The molecule has 1 atom stereocenters. The molecule has 0 bridgehead atoms. The first-order valence-electron chi connectivity index (χ1n) is 6.79. The molecule has 0 saturated carbocycles. The van der Waals surface area contributed by atoms with Gasteiger partial charge in [0.1, 0.15) is 11.5 Å². The minimum absolute atomic E-state index is 0.0343. The molecule has 2 aromatic rings. The largest absolute Gasteiger partial charge is 0.497 e. The molecule has 0 N–H and O–H groups in total. The van der Waals surface area contributed by atoms with Crippen molar-refractivity contribution in [2.45, 2.75) is 18.2 Å². The van der Waals surface area contributed by atoms with Crippen molar-refractivity contribution in [3.63, 3.8) is 0 Å². The highest BCUT2D eigenvalue weighted by molar-refractivity contribution is 6.20. The maximum Gasteiger partial charge on any atom is 0.122 e. The predicted molar refractivity (Wildman–Crippen MR) is 80.9 cm³/mol. The number of rotatable bonds is 4. The monoisotopic (exact) mass is 288 g/mol. The van der Waals surface area contributed by atoms with E-state index in [-0.39, 0.29) is 5.38 Å². The third kappa shape index (κ3) is 2.75. The predicted octanol–water partition coefficient (Wildman–Crippen LogP) is 4.15. The molecule has 0 aliphatic carbocycles. The summed E-state index contributed by atoms with van der Waals surface area (Å²) in [6.07, 6.45) is 1.77. The second-order valence-electron chi connectivity index (χ2n) is 4.99. The lowest BCUT2D eigenvalue weighted by atomic mass is 10.0. The van der Waals surface area contributed by atoms with Crippen LogP contribution in [0.3, 0.4) is 0 Å². The third-order valence-corrected chi connectivity index (χ3v) is 4.03. The summed E-state index contributed by atoms with van der Waals surface area (Å²) < 4.78 is 10.8. The number of benzene rings is 2. The molecule has 2 nitrogen and oxygen atoms in total. The average molecular weight is 289 g/mol. The summed E-state index contributed by atoms with van der Waals surface area (Å²) in [7, 11) is 1.68. The van der Waals surface area contributed by atoms with Crippen molar-refractivity contribution >= 4 is 11.6 Å². The lowest BCUT2D eigenvalue weighted by Crippen LogP contribution is -1.97. The highest BCUT2D eigenvalue weighted by Crippen LogP contribution is 2.32. The molecular formula is C17H17ClO2. The van der Waals surface area contributed by atoms with Gasteiger partial charge in [0.25, 0.3) is 0 Å². The number of hydrogen-bond donors (Lipinski definition) is 0. The molecular weight excluding hydrogens is 272 g/mol. The van der Waals surface area contributed by atoms with Crippen LogP contribution < -0.4 is 9.47 Å². The van der Waals surface area contributed by atoms with Crippen LogP contribution in [0.4, 0.5) is 0 Å². The van der Waals surface area contributed by atoms with Crippen LogP contribution in [0, 0.1) is 0 Å². The summed E-state index contributed by atoms with van der Waals surface area (Å²) in [4.78, 5) is 0. The second kappa shape index (κ2) is 5.76. The van der Waals surface area contributed by atoms with Crippen LogP contribution in [0.5, 0.6) is 11.5 Å². The van der Waals surface area contributed by atoms with E-state index in [0.29, 0.717) is 0 Å². The molecule has 0 spiro atoms. The zero-order chi connectivity index (χ0) is 13.9. The lowest BCUT2D eigenvalue weighted by molar-refractivity contribution is 0.357. The molecule has 104 valence electrons. The molecule has 2 aromatic carbocycles. The first kappa shape index (κ1) is 13.3. The summed E-state index contributed by atoms with van der Waals surface area (Å²) in [6.45, 7) is 0.779. The van der Waals surface area contributed by atoms with Crippen LogP contribution in [0.25, 0.3) is 0 Å². The number of methoxy groups -OCH3 is 1. The fourth-order valence-electron chi connectivity index (χ4n) is 2.53. The fraction of sp³-hybridized carbons (Fsp3) is 0.294. The van der Waals surface area contributed by atoms with Gasteiger partial charge >= 0.3 is 0 Å². The van der Waals surface area contributed by atoms with Crippen LogP contribution >= 0.6 is 11.6 Å².